The summed E-state index contributed by atoms with van der Waals surface area (Å²) in [4.78, 5) is 19.1. The molecule has 0 unspecified atom stereocenters. The normalized spacial score (nSPS) is 17.1. The van der Waals surface area contributed by atoms with Crippen LogP contribution in [0.15, 0.2) is 86.7 Å². The van der Waals surface area contributed by atoms with E-state index in [2.05, 4.69) is 15.2 Å². The molecule has 8 heteroatoms. The van der Waals surface area contributed by atoms with E-state index in [-0.39, 0.29) is 12.5 Å². The highest BCUT2D eigenvalue weighted by molar-refractivity contribution is 8.18. The van der Waals surface area contributed by atoms with Crippen LogP contribution >= 0.6 is 23.4 Å². The zero-order valence-electron chi connectivity index (χ0n) is 15.1. The van der Waals surface area contributed by atoms with Gasteiger partial charge >= 0.3 is 0 Å². The number of amidine groups is 1. The fourth-order valence-electron chi connectivity index (χ4n) is 2.59. The summed E-state index contributed by atoms with van der Waals surface area (Å²) in [6, 6.07) is 14.5. The number of halogens is 1. The lowest BCUT2D eigenvalue weighted by Crippen LogP contribution is -2.28. The third-order valence-corrected chi connectivity index (χ3v) is 5.23. The Hall–Kier alpha value is -3.16. The Morgan fingerprint density at radius 3 is 2.72 bits per heavy atom. The van der Waals surface area contributed by atoms with E-state index in [0.29, 0.717) is 20.9 Å². The zero-order valence-corrected chi connectivity index (χ0v) is 16.7. The molecule has 0 saturated carbocycles. The lowest BCUT2D eigenvalue weighted by Gasteiger charge is -2.12. The molecule has 1 amide bonds. The van der Waals surface area contributed by atoms with Gasteiger partial charge in [0.05, 0.1) is 23.9 Å². The number of amides is 1. The molecule has 1 fully saturated rings. The zero-order chi connectivity index (χ0) is 20.1. The number of thioether (sulfide) groups is 1. The van der Waals surface area contributed by atoms with E-state index >= 15 is 0 Å². The molecule has 1 aliphatic heterocycles. The molecule has 0 radical (unpaired) electrons. The summed E-state index contributed by atoms with van der Waals surface area (Å²) in [5.41, 5.74) is 1.70. The lowest BCUT2D eigenvalue weighted by atomic mass is 10.2. The van der Waals surface area contributed by atoms with Crippen LogP contribution in [0.25, 0.3) is 6.08 Å². The van der Waals surface area contributed by atoms with Gasteiger partial charge in [0, 0.05) is 17.4 Å². The van der Waals surface area contributed by atoms with Crippen molar-refractivity contribution in [2.45, 2.75) is 6.54 Å². The molecule has 1 aliphatic rings. The molecule has 1 aromatic carbocycles. The highest BCUT2D eigenvalue weighted by Gasteiger charge is 2.34. The molecular weight excluding hydrogens is 408 g/mol. The number of hydrogen-bond donors (Lipinski definition) is 0. The minimum Gasteiger partial charge on any atom is -0.467 e. The largest absolute Gasteiger partial charge is 0.467 e. The number of rotatable bonds is 5. The Labute approximate surface area is 176 Å². The number of carbonyl (C=O) groups excluding carboxylic acids is 1. The van der Waals surface area contributed by atoms with E-state index in [1.54, 1.807) is 54.0 Å². The van der Waals surface area contributed by atoms with Crippen LogP contribution < -0.4 is 0 Å². The topological polar surface area (TPSA) is 71.1 Å². The van der Waals surface area contributed by atoms with Crippen molar-refractivity contribution in [2.75, 3.05) is 0 Å². The van der Waals surface area contributed by atoms with E-state index in [1.165, 1.54) is 11.8 Å². The monoisotopic (exact) mass is 422 g/mol. The number of carbonyl (C=O) groups is 1. The number of pyridine rings is 1. The van der Waals surface area contributed by atoms with Gasteiger partial charge < -0.3 is 4.42 Å². The molecule has 3 heterocycles. The van der Waals surface area contributed by atoms with E-state index in [9.17, 15) is 4.79 Å². The second-order valence-corrected chi connectivity index (χ2v) is 7.49. The van der Waals surface area contributed by atoms with Gasteiger partial charge in [-0.1, -0.05) is 29.8 Å². The van der Waals surface area contributed by atoms with Gasteiger partial charge in [0.1, 0.15) is 5.76 Å². The summed E-state index contributed by atoms with van der Waals surface area (Å²) < 4.78 is 5.39. The highest BCUT2D eigenvalue weighted by atomic mass is 35.5. The first-order chi connectivity index (χ1) is 14.2. The number of benzene rings is 1. The van der Waals surface area contributed by atoms with Crippen LogP contribution in [0.4, 0.5) is 0 Å². The quantitative estimate of drug-likeness (QED) is 0.335. The molecule has 1 saturated heterocycles. The van der Waals surface area contributed by atoms with Crippen molar-refractivity contribution in [3.63, 3.8) is 0 Å². The average Bonchev–Trinajstić information content (AvgIpc) is 3.35. The van der Waals surface area contributed by atoms with Crippen molar-refractivity contribution in [2.24, 2.45) is 10.2 Å². The fraction of sp³-hybridized carbons (Fsp3) is 0.0476. The van der Waals surface area contributed by atoms with E-state index in [4.69, 9.17) is 16.0 Å². The smallest absolute Gasteiger partial charge is 0.267 e. The fourth-order valence-corrected chi connectivity index (χ4v) is 3.65. The van der Waals surface area contributed by atoms with Crippen LogP contribution in [0, 0.1) is 0 Å². The van der Waals surface area contributed by atoms with Gasteiger partial charge in [0.25, 0.3) is 5.91 Å². The maximum Gasteiger partial charge on any atom is 0.267 e. The summed E-state index contributed by atoms with van der Waals surface area (Å²) in [7, 11) is 0. The molecule has 144 valence electrons. The van der Waals surface area contributed by atoms with Gasteiger partial charge in [0.2, 0.25) is 0 Å². The van der Waals surface area contributed by atoms with Crippen LogP contribution in [0.3, 0.4) is 0 Å². The summed E-state index contributed by atoms with van der Waals surface area (Å²) in [6.45, 7) is 0.276. The van der Waals surface area contributed by atoms with Crippen LogP contribution in [0.5, 0.6) is 0 Å². The number of hydrogen-bond acceptors (Lipinski definition) is 6. The molecule has 0 N–H and O–H groups in total. The second-order valence-electron chi connectivity index (χ2n) is 6.05. The molecule has 0 aliphatic carbocycles. The predicted molar refractivity (Wildman–Crippen MR) is 116 cm³/mol. The van der Waals surface area contributed by atoms with Crippen LogP contribution in [-0.2, 0) is 11.3 Å². The molecule has 3 aromatic rings. The van der Waals surface area contributed by atoms with Gasteiger partial charge in [-0.05, 0) is 59.3 Å². The van der Waals surface area contributed by atoms with Crippen molar-refractivity contribution in [3.05, 3.63) is 94.0 Å². The first kappa shape index (κ1) is 19.2. The standard InChI is InChI=1S/C21H15ClN4O2S/c22-17-7-5-15(6-8-17)13-24-25-21-26(14-18-4-2-10-28-18)20(27)19(29-21)11-16-3-1-9-23-12-16/h1-13H,14H2/b19-11-,24-13+,25-21-. The van der Waals surface area contributed by atoms with Crippen molar-refractivity contribution in [3.8, 4) is 0 Å². The average molecular weight is 423 g/mol. The Morgan fingerprint density at radius 1 is 1.14 bits per heavy atom. The van der Waals surface area contributed by atoms with Crippen molar-refractivity contribution < 1.29 is 9.21 Å². The summed E-state index contributed by atoms with van der Waals surface area (Å²) in [5.74, 6) is 0.506. The van der Waals surface area contributed by atoms with E-state index in [0.717, 1.165) is 11.1 Å². The molecule has 0 atom stereocenters. The van der Waals surface area contributed by atoms with Gasteiger partial charge in [-0.3, -0.25) is 14.7 Å². The lowest BCUT2D eigenvalue weighted by molar-refractivity contribution is -0.122. The summed E-state index contributed by atoms with van der Waals surface area (Å²) in [6.07, 6.45) is 8.37. The van der Waals surface area contributed by atoms with Crippen LogP contribution in [0.1, 0.15) is 16.9 Å². The maximum atomic E-state index is 12.9. The molecular formula is C21H15ClN4O2S. The first-order valence-corrected chi connectivity index (χ1v) is 9.89. The highest BCUT2D eigenvalue weighted by Crippen LogP contribution is 2.33. The number of nitrogens with zero attached hydrogens (tertiary/aromatic N) is 4. The Balaban J connectivity index is 1.60. The summed E-state index contributed by atoms with van der Waals surface area (Å²) in [5, 5.41) is 9.54. The van der Waals surface area contributed by atoms with Gasteiger partial charge in [-0.25, -0.2) is 0 Å². The maximum absolute atomic E-state index is 12.9. The Bertz CT molecular complexity index is 1080. The minimum atomic E-state index is -0.157. The van der Waals surface area contributed by atoms with Crippen molar-refractivity contribution in [1.29, 1.82) is 0 Å². The molecule has 29 heavy (non-hydrogen) atoms. The van der Waals surface area contributed by atoms with Gasteiger partial charge in [0.15, 0.2) is 5.17 Å². The van der Waals surface area contributed by atoms with Gasteiger partial charge in [-0.15, -0.1) is 5.10 Å². The van der Waals surface area contributed by atoms with E-state index in [1.807, 2.05) is 30.3 Å². The molecule has 0 bridgehead atoms. The number of aromatic nitrogens is 1. The SMILES string of the molecule is O=C1/C(=C/c2cccnc2)S/C(=N\N=C\c2ccc(Cl)cc2)N1Cc1ccco1. The Morgan fingerprint density at radius 2 is 2.00 bits per heavy atom. The third kappa shape index (κ3) is 4.82. The van der Waals surface area contributed by atoms with Crippen LogP contribution in [-0.4, -0.2) is 27.2 Å². The molecule has 0 spiro atoms. The number of furan rings is 1. The minimum absolute atomic E-state index is 0.157. The predicted octanol–water partition coefficient (Wildman–Crippen LogP) is 4.83. The second kappa shape index (κ2) is 8.89. The first-order valence-electron chi connectivity index (χ1n) is 8.69. The molecule has 4 rings (SSSR count). The van der Waals surface area contributed by atoms with Crippen molar-refractivity contribution >= 4 is 46.7 Å². The molecule has 6 nitrogen and oxygen atoms in total. The van der Waals surface area contributed by atoms with E-state index < -0.39 is 0 Å². The third-order valence-electron chi connectivity index (χ3n) is 3.98. The molecule has 2 aromatic heterocycles. The van der Waals surface area contributed by atoms with Crippen LogP contribution in [0.2, 0.25) is 5.02 Å². The van der Waals surface area contributed by atoms with Crippen molar-refractivity contribution in [1.82, 2.24) is 9.88 Å². The van der Waals surface area contributed by atoms with Gasteiger partial charge in [-0.2, -0.15) is 5.10 Å². The Kier molecular flexibility index (Phi) is 5.88. The summed E-state index contributed by atoms with van der Waals surface area (Å²) >= 11 is 7.16.